The maximum absolute atomic E-state index is 12.2. The number of carbonyl (C=O) groups is 1. The van der Waals surface area contributed by atoms with E-state index in [-0.39, 0.29) is 16.9 Å². The largest absolute Gasteiger partial charge is 0.478 e. The number of rotatable bonds is 4. The number of carboxylic acids is 1. The Balaban J connectivity index is 2.49. The molecule has 0 radical (unpaired) electrons. The molecule has 20 heavy (non-hydrogen) atoms. The minimum Gasteiger partial charge on any atom is -0.478 e. The quantitative estimate of drug-likeness (QED) is 0.701. The van der Waals surface area contributed by atoms with E-state index in [4.69, 9.17) is 10.8 Å². The van der Waals surface area contributed by atoms with E-state index < -0.39 is 20.9 Å². The van der Waals surface area contributed by atoms with E-state index in [1.54, 1.807) is 0 Å². The summed E-state index contributed by atoms with van der Waals surface area (Å²) in [6.07, 6.45) is 3.73. The Labute approximate surface area is 114 Å². The Hall–Kier alpha value is -2.68. The van der Waals surface area contributed by atoms with Crippen molar-refractivity contribution in [3.05, 3.63) is 42.5 Å². The second-order valence-electron chi connectivity index (χ2n) is 3.79. The summed E-state index contributed by atoms with van der Waals surface area (Å²) in [6, 6.07) is 3.53. The normalized spacial score (nSPS) is 11.0. The molecule has 2 rings (SSSR count). The van der Waals surface area contributed by atoms with Crippen LogP contribution in [0.25, 0.3) is 0 Å². The standard InChI is InChI=1S/C11H10N4O4S/c12-7-1-2-9(11(16)17)10(3-7)20(18,19)15-8-4-13-6-14-5-8/h1-6,15H,12H2,(H,16,17). The fourth-order valence-electron chi connectivity index (χ4n) is 1.50. The van der Waals surface area contributed by atoms with Crippen LogP contribution in [0.5, 0.6) is 0 Å². The molecule has 0 aliphatic carbocycles. The Morgan fingerprint density at radius 2 is 1.90 bits per heavy atom. The van der Waals surface area contributed by atoms with Crippen molar-refractivity contribution in [3.63, 3.8) is 0 Å². The smallest absolute Gasteiger partial charge is 0.337 e. The van der Waals surface area contributed by atoms with Crippen LogP contribution in [0.2, 0.25) is 0 Å². The number of aromatic nitrogens is 2. The summed E-state index contributed by atoms with van der Waals surface area (Å²) >= 11 is 0. The maximum atomic E-state index is 12.2. The molecular formula is C11H10N4O4S. The third kappa shape index (κ3) is 2.83. The Bertz CT molecular complexity index is 746. The van der Waals surface area contributed by atoms with E-state index >= 15 is 0 Å². The number of nitrogen functional groups attached to an aromatic ring is 1. The van der Waals surface area contributed by atoms with E-state index in [9.17, 15) is 13.2 Å². The van der Waals surface area contributed by atoms with Crippen molar-refractivity contribution in [1.82, 2.24) is 9.97 Å². The molecule has 0 amide bonds. The van der Waals surface area contributed by atoms with Gasteiger partial charge in [-0.05, 0) is 18.2 Å². The number of nitrogens with one attached hydrogen (secondary N) is 1. The average molecular weight is 294 g/mol. The highest BCUT2D eigenvalue weighted by atomic mass is 32.2. The zero-order valence-corrected chi connectivity index (χ0v) is 10.8. The first-order valence-electron chi connectivity index (χ1n) is 5.31. The Morgan fingerprint density at radius 3 is 2.50 bits per heavy atom. The molecule has 2 aromatic rings. The van der Waals surface area contributed by atoms with Gasteiger partial charge in [-0.15, -0.1) is 0 Å². The highest BCUT2D eigenvalue weighted by molar-refractivity contribution is 7.92. The van der Waals surface area contributed by atoms with E-state index in [2.05, 4.69) is 14.7 Å². The number of hydrogen-bond acceptors (Lipinski definition) is 6. The molecule has 8 nitrogen and oxygen atoms in total. The second kappa shape index (κ2) is 5.13. The average Bonchev–Trinajstić information content (AvgIpc) is 2.39. The molecule has 104 valence electrons. The van der Waals surface area contributed by atoms with Gasteiger partial charge in [0.2, 0.25) is 0 Å². The molecule has 1 heterocycles. The molecular weight excluding hydrogens is 284 g/mol. The lowest BCUT2D eigenvalue weighted by atomic mass is 10.2. The summed E-state index contributed by atoms with van der Waals surface area (Å²) in [5.74, 6) is -1.37. The zero-order chi connectivity index (χ0) is 14.8. The summed E-state index contributed by atoms with van der Waals surface area (Å²) < 4.78 is 26.6. The van der Waals surface area contributed by atoms with Gasteiger partial charge in [0.25, 0.3) is 10.0 Å². The van der Waals surface area contributed by atoms with Crippen molar-refractivity contribution in [2.45, 2.75) is 4.90 Å². The molecule has 0 atom stereocenters. The predicted molar refractivity (Wildman–Crippen MR) is 70.7 cm³/mol. The van der Waals surface area contributed by atoms with Gasteiger partial charge in [-0.1, -0.05) is 0 Å². The van der Waals surface area contributed by atoms with Crippen LogP contribution in [0.3, 0.4) is 0 Å². The Morgan fingerprint density at radius 1 is 1.25 bits per heavy atom. The molecule has 9 heteroatoms. The van der Waals surface area contributed by atoms with Gasteiger partial charge in [0.15, 0.2) is 0 Å². The van der Waals surface area contributed by atoms with Gasteiger partial charge in [0, 0.05) is 5.69 Å². The van der Waals surface area contributed by atoms with Gasteiger partial charge in [-0.2, -0.15) is 0 Å². The van der Waals surface area contributed by atoms with Gasteiger partial charge < -0.3 is 10.8 Å². The van der Waals surface area contributed by atoms with Crippen LogP contribution in [-0.4, -0.2) is 29.5 Å². The monoisotopic (exact) mass is 294 g/mol. The first-order chi connectivity index (χ1) is 9.40. The molecule has 0 aliphatic rings. The predicted octanol–water partition coefficient (Wildman–Crippen LogP) is 0.558. The number of nitrogens with zero attached hydrogens (tertiary/aromatic N) is 2. The summed E-state index contributed by atoms with van der Waals surface area (Å²) in [7, 11) is -4.10. The molecule has 4 N–H and O–H groups in total. The number of anilines is 2. The van der Waals surface area contributed by atoms with E-state index in [1.807, 2.05) is 0 Å². The van der Waals surface area contributed by atoms with Crippen molar-refractivity contribution in [2.75, 3.05) is 10.5 Å². The van der Waals surface area contributed by atoms with Crippen molar-refractivity contribution in [3.8, 4) is 0 Å². The highest BCUT2D eigenvalue weighted by Crippen LogP contribution is 2.21. The SMILES string of the molecule is Nc1ccc(C(=O)O)c(S(=O)(=O)Nc2cncnc2)c1. The van der Waals surface area contributed by atoms with Gasteiger partial charge in [-0.25, -0.2) is 23.2 Å². The van der Waals surface area contributed by atoms with Crippen LogP contribution >= 0.6 is 0 Å². The summed E-state index contributed by atoms with van der Waals surface area (Å²) in [6.45, 7) is 0. The first kappa shape index (κ1) is 13.7. The maximum Gasteiger partial charge on any atom is 0.337 e. The van der Waals surface area contributed by atoms with E-state index in [0.717, 1.165) is 12.1 Å². The first-order valence-corrected chi connectivity index (χ1v) is 6.79. The third-order valence-corrected chi connectivity index (χ3v) is 3.76. The van der Waals surface area contributed by atoms with Crippen molar-refractivity contribution in [1.29, 1.82) is 0 Å². The number of benzene rings is 1. The number of carboxylic acid groups (broad SMARTS) is 1. The second-order valence-corrected chi connectivity index (χ2v) is 5.44. The number of hydrogen-bond donors (Lipinski definition) is 3. The molecule has 0 spiro atoms. The molecule has 0 unspecified atom stereocenters. The molecule has 1 aromatic heterocycles. The lowest BCUT2D eigenvalue weighted by Gasteiger charge is -2.10. The van der Waals surface area contributed by atoms with Gasteiger partial charge in [0.05, 0.1) is 23.6 Å². The molecule has 0 aliphatic heterocycles. The Kier molecular flexibility index (Phi) is 3.53. The van der Waals surface area contributed by atoms with Crippen LogP contribution in [-0.2, 0) is 10.0 Å². The molecule has 1 aromatic carbocycles. The van der Waals surface area contributed by atoms with Gasteiger partial charge in [0.1, 0.15) is 11.2 Å². The van der Waals surface area contributed by atoms with Crippen LogP contribution in [0.15, 0.2) is 41.8 Å². The van der Waals surface area contributed by atoms with Crippen LogP contribution < -0.4 is 10.5 Å². The minimum absolute atomic E-state index is 0.117. The molecule has 0 saturated carbocycles. The summed E-state index contributed by atoms with van der Waals surface area (Å²) in [5.41, 5.74) is 5.39. The van der Waals surface area contributed by atoms with Crippen LogP contribution in [0, 0.1) is 0 Å². The number of aromatic carboxylic acids is 1. The topological polar surface area (TPSA) is 135 Å². The third-order valence-electron chi connectivity index (χ3n) is 2.34. The lowest BCUT2D eigenvalue weighted by molar-refractivity contribution is 0.0692. The van der Waals surface area contributed by atoms with Crippen LogP contribution in [0.4, 0.5) is 11.4 Å². The molecule has 0 fully saturated rings. The zero-order valence-electron chi connectivity index (χ0n) is 10.0. The lowest BCUT2D eigenvalue weighted by Crippen LogP contribution is -2.17. The fourth-order valence-corrected chi connectivity index (χ4v) is 2.76. The van der Waals surface area contributed by atoms with Gasteiger partial charge in [-0.3, -0.25) is 4.72 Å². The number of sulfonamides is 1. The molecule has 0 bridgehead atoms. The van der Waals surface area contributed by atoms with Crippen LogP contribution in [0.1, 0.15) is 10.4 Å². The van der Waals surface area contributed by atoms with Gasteiger partial charge >= 0.3 is 5.97 Å². The van der Waals surface area contributed by atoms with Crippen molar-refractivity contribution < 1.29 is 18.3 Å². The fraction of sp³-hybridized carbons (Fsp3) is 0. The van der Waals surface area contributed by atoms with E-state index in [0.29, 0.717) is 0 Å². The van der Waals surface area contributed by atoms with E-state index in [1.165, 1.54) is 24.8 Å². The summed E-state index contributed by atoms with van der Waals surface area (Å²) in [4.78, 5) is 18.0. The number of nitrogens with two attached hydrogens (primary N) is 1. The highest BCUT2D eigenvalue weighted by Gasteiger charge is 2.22. The minimum atomic E-state index is -4.10. The van der Waals surface area contributed by atoms with Crippen molar-refractivity contribution in [2.24, 2.45) is 0 Å². The summed E-state index contributed by atoms with van der Waals surface area (Å²) in [5, 5.41) is 9.03. The molecule has 0 saturated heterocycles. The van der Waals surface area contributed by atoms with Crippen molar-refractivity contribution >= 4 is 27.4 Å².